The van der Waals surface area contributed by atoms with Crippen LogP contribution in [0.5, 0.6) is 0 Å². The topological polar surface area (TPSA) is 46.2 Å². The number of thioether (sulfide) groups is 1. The second kappa shape index (κ2) is 8.90. The highest BCUT2D eigenvalue weighted by Crippen LogP contribution is 2.17. The quantitative estimate of drug-likeness (QED) is 0.516. The van der Waals surface area contributed by atoms with Crippen molar-refractivity contribution in [2.75, 3.05) is 12.3 Å². The van der Waals surface area contributed by atoms with Crippen LogP contribution in [-0.2, 0) is 4.79 Å². The predicted molar refractivity (Wildman–Crippen MR) is 93.5 cm³/mol. The number of benzene rings is 2. The maximum Gasteiger partial charge on any atom is 0.231 e. The van der Waals surface area contributed by atoms with E-state index in [0.29, 0.717) is 5.56 Å². The highest BCUT2D eigenvalue weighted by molar-refractivity contribution is 8.00. The number of halogens is 1. The van der Waals surface area contributed by atoms with E-state index in [-0.39, 0.29) is 29.8 Å². The molecule has 0 spiro atoms. The largest absolute Gasteiger partial charge is 0.344 e. The van der Waals surface area contributed by atoms with Crippen molar-refractivity contribution in [2.45, 2.75) is 11.8 Å². The lowest BCUT2D eigenvalue weighted by molar-refractivity contribution is -0.118. The highest BCUT2D eigenvalue weighted by atomic mass is 32.2. The molecule has 0 radical (unpaired) electrons. The number of amides is 1. The van der Waals surface area contributed by atoms with E-state index in [2.05, 4.69) is 17.2 Å². The maximum atomic E-state index is 12.8. The van der Waals surface area contributed by atoms with E-state index in [0.717, 1.165) is 10.5 Å². The molecule has 0 heterocycles. The number of carbonyl (C=O) groups is 2. The number of ketones is 1. The molecule has 2 aromatic rings. The van der Waals surface area contributed by atoms with Gasteiger partial charge in [0.1, 0.15) is 5.82 Å². The van der Waals surface area contributed by atoms with Crippen LogP contribution < -0.4 is 5.32 Å². The molecule has 0 bridgehead atoms. The molecule has 0 fully saturated rings. The molecule has 0 saturated carbocycles. The van der Waals surface area contributed by atoms with Crippen LogP contribution in [0.25, 0.3) is 0 Å². The summed E-state index contributed by atoms with van der Waals surface area (Å²) in [6.45, 7) is 1.76. The van der Waals surface area contributed by atoms with Gasteiger partial charge in [-0.1, -0.05) is 24.0 Å². The molecule has 0 aliphatic carbocycles. The molecule has 0 saturated heterocycles. The molecular weight excluding hydrogens is 325 g/mol. The van der Waals surface area contributed by atoms with Gasteiger partial charge in [0.25, 0.3) is 0 Å². The summed E-state index contributed by atoms with van der Waals surface area (Å²) in [6, 6.07) is 13.0. The van der Waals surface area contributed by atoms with Gasteiger partial charge in [-0.05, 0) is 43.3 Å². The number of carbonyl (C=O) groups excluding carboxylic acids is 2. The van der Waals surface area contributed by atoms with Crippen LogP contribution in [0.3, 0.4) is 0 Å². The molecule has 2 rings (SSSR count). The van der Waals surface area contributed by atoms with Crippen LogP contribution in [0.15, 0.2) is 53.4 Å². The summed E-state index contributed by atoms with van der Waals surface area (Å²) in [5.74, 6) is 5.62. The summed E-state index contributed by atoms with van der Waals surface area (Å²) < 4.78 is 12.8. The fraction of sp³-hybridized carbons (Fsp3) is 0.158. The molecule has 0 aromatic heterocycles. The van der Waals surface area contributed by atoms with Gasteiger partial charge in [0.2, 0.25) is 5.91 Å². The molecule has 122 valence electrons. The third-order valence-electron chi connectivity index (χ3n) is 3.08. The minimum atomic E-state index is -0.296. The van der Waals surface area contributed by atoms with Crippen molar-refractivity contribution in [3.8, 4) is 11.8 Å². The Hall–Kier alpha value is -2.58. The van der Waals surface area contributed by atoms with E-state index in [1.165, 1.54) is 30.8 Å². The van der Waals surface area contributed by atoms with Crippen LogP contribution >= 0.6 is 11.8 Å². The molecule has 5 heteroatoms. The SMILES string of the molecule is CC(=O)c1ccc(C#CCNC(=O)CSc2ccc(F)cc2)cc1. The van der Waals surface area contributed by atoms with Crippen LogP contribution in [0.2, 0.25) is 0 Å². The van der Waals surface area contributed by atoms with E-state index in [1.807, 2.05) is 0 Å². The van der Waals surface area contributed by atoms with Crippen LogP contribution in [0.4, 0.5) is 4.39 Å². The number of rotatable bonds is 5. The Morgan fingerprint density at radius 2 is 1.75 bits per heavy atom. The van der Waals surface area contributed by atoms with E-state index in [9.17, 15) is 14.0 Å². The second-order valence-electron chi connectivity index (χ2n) is 4.95. The van der Waals surface area contributed by atoms with Gasteiger partial charge < -0.3 is 5.32 Å². The van der Waals surface area contributed by atoms with Crippen LogP contribution in [0, 0.1) is 17.7 Å². The fourth-order valence-electron chi connectivity index (χ4n) is 1.81. The summed E-state index contributed by atoms with van der Waals surface area (Å²) in [7, 11) is 0. The molecule has 0 unspecified atom stereocenters. The predicted octanol–water partition coefficient (Wildman–Crippen LogP) is 3.29. The van der Waals surface area contributed by atoms with Gasteiger partial charge >= 0.3 is 0 Å². The lowest BCUT2D eigenvalue weighted by Crippen LogP contribution is -2.25. The van der Waals surface area contributed by atoms with Crippen molar-refractivity contribution in [1.29, 1.82) is 0 Å². The Morgan fingerprint density at radius 3 is 2.38 bits per heavy atom. The Morgan fingerprint density at radius 1 is 1.08 bits per heavy atom. The first-order chi connectivity index (χ1) is 11.5. The average Bonchev–Trinajstić information content (AvgIpc) is 2.58. The zero-order chi connectivity index (χ0) is 17.4. The monoisotopic (exact) mass is 341 g/mol. The fourth-order valence-corrected chi connectivity index (χ4v) is 2.54. The van der Waals surface area contributed by atoms with Crippen LogP contribution in [0.1, 0.15) is 22.8 Å². The van der Waals surface area contributed by atoms with E-state index in [4.69, 9.17) is 0 Å². The van der Waals surface area contributed by atoms with Gasteiger partial charge in [-0.15, -0.1) is 11.8 Å². The van der Waals surface area contributed by atoms with Gasteiger partial charge in [0, 0.05) is 16.0 Å². The summed E-state index contributed by atoms with van der Waals surface area (Å²) in [5, 5.41) is 2.70. The molecule has 0 atom stereocenters. The summed E-state index contributed by atoms with van der Waals surface area (Å²) in [6.07, 6.45) is 0. The highest BCUT2D eigenvalue weighted by Gasteiger charge is 2.02. The van der Waals surface area contributed by atoms with Crippen molar-refractivity contribution in [1.82, 2.24) is 5.32 Å². The molecule has 3 nitrogen and oxygen atoms in total. The molecule has 1 N–H and O–H groups in total. The molecule has 1 amide bonds. The molecule has 2 aromatic carbocycles. The first-order valence-corrected chi connectivity index (χ1v) is 8.28. The molecule has 24 heavy (non-hydrogen) atoms. The van der Waals surface area contributed by atoms with Crippen molar-refractivity contribution < 1.29 is 14.0 Å². The number of hydrogen-bond donors (Lipinski definition) is 1. The average molecular weight is 341 g/mol. The zero-order valence-corrected chi connectivity index (χ0v) is 14.0. The normalized spacial score (nSPS) is 9.75. The zero-order valence-electron chi connectivity index (χ0n) is 13.1. The van der Waals surface area contributed by atoms with Crippen molar-refractivity contribution >= 4 is 23.5 Å². The van der Waals surface area contributed by atoms with Gasteiger partial charge in [-0.25, -0.2) is 4.39 Å². The van der Waals surface area contributed by atoms with Gasteiger partial charge in [-0.3, -0.25) is 9.59 Å². The van der Waals surface area contributed by atoms with Crippen molar-refractivity contribution in [3.05, 3.63) is 65.5 Å². The lowest BCUT2D eigenvalue weighted by Gasteiger charge is -2.02. The molecular formula is C19H16FNO2S. The lowest BCUT2D eigenvalue weighted by atomic mass is 10.1. The number of nitrogens with one attached hydrogen (secondary N) is 1. The minimum absolute atomic E-state index is 0.0143. The first-order valence-electron chi connectivity index (χ1n) is 7.29. The third kappa shape index (κ3) is 5.90. The maximum absolute atomic E-state index is 12.8. The van der Waals surface area contributed by atoms with Crippen molar-refractivity contribution in [3.63, 3.8) is 0 Å². The van der Waals surface area contributed by atoms with Gasteiger partial charge in [0.15, 0.2) is 5.78 Å². The summed E-state index contributed by atoms with van der Waals surface area (Å²) >= 11 is 1.34. The Balaban J connectivity index is 1.74. The van der Waals surface area contributed by atoms with Gasteiger partial charge in [0.05, 0.1) is 12.3 Å². The van der Waals surface area contributed by atoms with Gasteiger partial charge in [-0.2, -0.15) is 0 Å². The van der Waals surface area contributed by atoms with E-state index >= 15 is 0 Å². The molecule has 0 aliphatic rings. The summed E-state index contributed by atoms with van der Waals surface area (Å²) in [5.41, 5.74) is 1.43. The number of hydrogen-bond acceptors (Lipinski definition) is 3. The number of Topliss-reactive ketones (excluding diaryl/α,β-unsaturated/α-hetero) is 1. The molecule has 0 aliphatic heterocycles. The second-order valence-corrected chi connectivity index (χ2v) is 6.00. The minimum Gasteiger partial charge on any atom is -0.344 e. The Bertz CT molecular complexity index is 774. The first kappa shape index (κ1) is 17.8. The van der Waals surface area contributed by atoms with Crippen LogP contribution in [-0.4, -0.2) is 24.0 Å². The van der Waals surface area contributed by atoms with E-state index < -0.39 is 0 Å². The van der Waals surface area contributed by atoms with Crippen molar-refractivity contribution in [2.24, 2.45) is 0 Å². The smallest absolute Gasteiger partial charge is 0.231 e. The van der Waals surface area contributed by atoms with E-state index in [1.54, 1.807) is 36.4 Å². The Labute approximate surface area is 144 Å². The third-order valence-corrected chi connectivity index (χ3v) is 4.09. The summed E-state index contributed by atoms with van der Waals surface area (Å²) in [4.78, 5) is 23.7. The Kier molecular flexibility index (Phi) is 6.59. The standard InChI is InChI=1S/C19H16FNO2S/c1-14(22)16-6-4-15(5-7-16)3-2-12-21-19(23)13-24-18-10-8-17(20)9-11-18/h4-11H,12-13H2,1H3,(H,21,23).